The molecule has 7 heteroatoms. The first kappa shape index (κ1) is 20.5. The summed E-state index contributed by atoms with van der Waals surface area (Å²) in [6.07, 6.45) is 4.70. The van der Waals surface area contributed by atoms with Crippen LogP contribution in [0, 0.1) is 6.92 Å². The van der Waals surface area contributed by atoms with Crippen molar-refractivity contribution in [3.63, 3.8) is 0 Å². The fourth-order valence-electron chi connectivity index (χ4n) is 3.19. The van der Waals surface area contributed by atoms with Crippen LogP contribution in [-0.2, 0) is 5.41 Å². The van der Waals surface area contributed by atoms with E-state index >= 15 is 0 Å². The van der Waals surface area contributed by atoms with Gasteiger partial charge in [-0.15, -0.1) is 0 Å². The van der Waals surface area contributed by atoms with Crippen LogP contribution in [0.25, 0.3) is 0 Å². The van der Waals surface area contributed by atoms with Gasteiger partial charge in [0.2, 0.25) is 0 Å². The quantitative estimate of drug-likeness (QED) is 0.330. The molecular formula is C21H27BrN4O2. The van der Waals surface area contributed by atoms with Gasteiger partial charge in [0.05, 0.1) is 6.26 Å². The van der Waals surface area contributed by atoms with Crippen LogP contribution in [0.5, 0.6) is 0 Å². The molecule has 0 bridgehead atoms. The van der Waals surface area contributed by atoms with Gasteiger partial charge in [0.15, 0.2) is 11.7 Å². The smallest absolute Gasteiger partial charge is 0.287 e. The van der Waals surface area contributed by atoms with Crippen LogP contribution in [0.2, 0.25) is 0 Å². The number of carbonyl (C=O) groups excluding carboxylic acids is 1. The lowest BCUT2D eigenvalue weighted by Crippen LogP contribution is -2.42. The number of rotatable bonds is 8. The predicted octanol–water partition coefficient (Wildman–Crippen LogP) is 3.37. The molecule has 1 heterocycles. The van der Waals surface area contributed by atoms with Crippen molar-refractivity contribution in [3.05, 3.63) is 58.0 Å². The van der Waals surface area contributed by atoms with Crippen molar-refractivity contribution < 1.29 is 9.21 Å². The fraction of sp³-hybridized carbons (Fsp3) is 0.429. The third-order valence-electron chi connectivity index (χ3n) is 5.11. The number of halogens is 1. The predicted molar refractivity (Wildman–Crippen MR) is 115 cm³/mol. The number of aliphatic imine (C=N–C) groups is 1. The Morgan fingerprint density at radius 1 is 1.21 bits per heavy atom. The molecule has 0 unspecified atom stereocenters. The maximum absolute atomic E-state index is 12.0. The number of furan rings is 1. The lowest BCUT2D eigenvalue weighted by atomic mass is 9.96. The van der Waals surface area contributed by atoms with Crippen molar-refractivity contribution in [3.8, 4) is 0 Å². The summed E-state index contributed by atoms with van der Waals surface area (Å²) in [6, 6.07) is 10.3. The molecule has 1 fully saturated rings. The number of hydrogen-bond acceptors (Lipinski definition) is 3. The highest BCUT2D eigenvalue weighted by atomic mass is 79.9. The van der Waals surface area contributed by atoms with Crippen LogP contribution in [0.3, 0.4) is 0 Å². The van der Waals surface area contributed by atoms with E-state index in [0.29, 0.717) is 12.3 Å². The third kappa shape index (κ3) is 5.16. The van der Waals surface area contributed by atoms with Crippen molar-refractivity contribution in [2.45, 2.75) is 31.6 Å². The van der Waals surface area contributed by atoms with E-state index in [1.807, 2.05) is 6.92 Å². The van der Waals surface area contributed by atoms with Crippen molar-refractivity contribution in [2.24, 2.45) is 4.99 Å². The van der Waals surface area contributed by atoms with E-state index in [4.69, 9.17) is 4.42 Å². The van der Waals surface area contributed by atoms with Crippen molar-refractivity contribution in [1.82, 2.24) is 16.0 Å². The molecule has 0 radical (unpaired) electrons. The number of hydrogen-bond donors (Lipinski definition) is 3. The monoisotopic (exact) mass is 446 g/mol. The average Bonchev–Trinajstić information content (AvgIpc) is 3.36. The summed E-state index contributed by atoms with van der Waals surface area (Å²) in [4.78, 5) is 16.3. The van der Waals surface area contributed by atoms with E-state index in [-0.39, 0.29) is 11.3 Å². The van der Waals surface area contributed by atoms with Gasteiger partial charge in [0, 0.05) is 42.1 Å². The molecule has 1 aliphatic carbocycles. The van der Waals surface area contributed by atoms with E-state index in [2.05, 4.69) is 61.1 Å². The Kier molecular flexibility index (Phi) is 6.78. The largest absolute Gasteiger partial charge is 0.459 e. The minimum absolute atomic E-state index is 0.172. The zero-order valence-corrected chi connectivity index (χ0v) is 17.9. The molecule has 1 aromatic carbocycles. The Morgan fingerprint density at radius 3 is 2.64 bits per heavy atom. The highest BCUT2D eigenvalue weighted by Crippen LogP contribution is 2.48. The molecule has 28 heavy (non-hydrogen) atoms. The summed E-state index contributed by atoms with van der Waals surface area (Å²) in [5, 5.41) is 9.62. The molecule has 1 aliphatic rings. The first-order valence-electron chi connectivity index (χ1n) is 9.57. The van der Waals surface area contributed by atoms with Crippen LogP contribution in [0.1, 0.15) is 40.9 Å². The van der Waals surface area contributed by atoms with Gasteiger partial charge in [0.25, 0.3) is 5.91 Å². The first-order chi connectivity index (χ1) is 13.5. The Morgan fingerprint density at radius 2 is 2.00 bits per heavy atom. The first-order valence-corrected chi connectivity index (χ1v) is 10.4. The third-order valence-corrected chi connectivity index (χ3v) is 5.60. The molecule has 150 valence electrons. The second-order valence-corrected chi connectivity index (χ2v) is 8.10. The summed E-state index contributed by atoms with van der Waals surface area (Å²) in [6.45, 7) is 4.01. The van der Waals surface area contributed by atoms with Crippen LogP contribution < -0.4 is 16.0 Å². The van der Waals surface area contributed by atoms with Crippen molar-refractivity contribution in [1.29, 1.82) is 0 Å². The molecule has 0 atom stereocenters. The van der Waals surface area contributed by atoms with E-state index in [9.17, 15) is 4.79 Å². The Balaban J connectivity index is 1.37. The van der Waals surface area contributed by atoms with Gasteiger partial charge in [0.1, 0.15) is 0 Å². The highest BCUT2D eigenvalue weighted by molar-refractivity contribution is 9.10. The summed E-state index contributed by atoms with van der Waals surface area (Å²) >= 11 is 3.56. The lowest BCUT2D eigenvalue weighted by Gasteiger charge is -2.19. The Bertz CT molecular complexity index is 842. The van der Waals surface area contributed by atoms with E-state index < -0.39 is 0 Å². The second kappa shape index (κ2) is 9.28. The molecule has 2 aromatic rings. The van der Waals surface area contributed by atoms with Gasteiger partial charge in [-0.05, 0) is 49.9 Å². The van der Waals surface area contributed by atoms with Crippen LogP contribution in [-0.4, -0.2) is 38.5 Å². The zero-order chi connectivity index (χ0) is 20.0. The number of benzene rings is 1. The maximum atomic E-state index is 12.0. The number of amides is 1. The minimum Gasteiger partial charge on any atom is -0.459 e. The SMILES string of the molecule is CN=C(NCCCNC(=O)c1occc1C)NCC1(c2cccc(Br)c2)CC1. The Hall–Kier alpha value is -2.28. The van der Waals surface area contributed by atoms with Gasteiger partial charge in [-0.1, -0.05) is 28.1 Å². The molecule has 0 spiro atoms. The standard InChI is InChI=1S/C21H27BrN4O2/c1-15-7-12-28-18(15)19(27)24-10-4-11-25-20(23-2)26-14-21(8-9-21)16-5-3-6-17(22)13-16/h3,5-7,12-13H,4,8-11,14H2,1-2H3,(H,24,27)(H2,23,25,26). The summed E-state index contributed by atoms with van der Waals surface area (Å²) in [7, 11) is 1.77. The van der Waals surface area contributed by atoms with Gasteiger partial charge < -0.3 is 20.4 Å². The Labute approximate surface area is 174 Å². The number of carbonyl (C=O) groups is 1. The maximum Gasteiger partial charge on any atom is 0.287 e. The molecule has 0 aliphatic heterocycles. The average molecular weight is 447 g/mol. The molecule has 1 aromatic heterocycles. The van der Waals surface area contributed by atoms with Crippen LogP contribution in [0.4, 0.5) is 0 Å². The molecular weight excluding hydrogens is 420 g/mol. The van der Waals surface area contributed by atoms with Gasteiger partial charge in [-0.25, -0.2) is 0 Å². The lowest BCUT2D eigenvalue weighted by molar-refractivity contribution is 0.0925. The number of nitrogens with one attached hydrogen (secondary N) is 3. The van der Waals surface area contributed by atoms with E-state index in [1.165, 1.54) is 24.7 Å². The molecule has 0 saturated heterocycles. The zero-order valence-electron chi connectivity index (χ0n) is 16.3. The topological polar surface area (TPSA) is 78.7 Å². The van der Waals surface area contributed by atoms with E-state index in [1.54, 1.807) is 13.1 Å². The number of aryl methyl sites for hydroxylation is 1. The summed E-state index contributed by atoms with van der Waals surface area (Å²) < 4.78 is 6.31. The highest BCUT2D eigenvalue weighted by Gasteiger charge is 2.44. The number of nitrogens with zero attached hydrogens (tertiary/aromatic N) is 1. The summed E-state index contributed by atoms with van der Waals surface area (Å²) in [5.74, 6) is 0.997. The molecule has 1 saturated carbocycles. The second-order valence-electron chi connectivity index (χ2n) is 7.19. The van der Waals surface area contributed by atoms with Gasteiger partial charge >= 0.3 is 0 Å². The summed E-state index contributed by atoms with van der Waals surface area (Å²) in [5.41, 5.74) is 2.41. The van der Waals surface area contributed by atoms with Crippen molar-refractivity contribution >= 4 is 27.8 Å². The number of guanidine groups is 1. The van der Waals surface area contributed by atoms with Crippen LogP contribution >= 0.6 is 15.9 Å². The van der Waals surface area contributed by atoms with E-state index in [0.717, 1.165) is 35.5 Å². The normalized spacial score (nSPS) is 15.2. The molecule has 3 N–H and O–H groups in total. The van der Waals surface area contributed by atoms with Gasteiger partial charge in [-0.3, -0.25) is 9.79 Å². The molecule has 6 nitrogen and oxygen atoms in total. The molecule has 1 amide bonds. The van der Waals surface area contributed by atoms with Crippen LogP contribution in [0.15, 0.2) is 50.5 Å². The van der Waals surface area contributed by atoms with Gasteiger partial charge in [-0.2, -0.15) is 0 Å². The fourth-order valence-corrected chi connectivity index (χ4v) is 3.59. The molecule has 3 rings (SSSR count). The minimum atomic E-state index is -0.172. The van der Waals surface area contributed by atoms with Crippen molar-refractivity contribution in [2.75, 3.05) is 26.7 Å².